The van der Waals surface area contributed by atoms with E-state index in [1.165, 1.54) is 0 Å². The molecule has 0 nitrogen and oxygen atoms in total. The van der Waals surface area contributed by atoms with Crippen molar-refractivity contribution < 1.29 is 87.8 Å². The second kappa shape index (κ2) is 31.7. The van der Waals surface area contributed by atoms with Gasteiger partial charge >= 0.3 is 0 Å². The van der Waals surface area contributed by atoms with Crippen LogP contribution < -0.4 is 0 Å². The van der Waals surface area contributed by atoms with Gasteiger partial charge in [0.1, 0.15) is 23.3 Å². The molecule has 9 rings (SSSR count). The SMILES string of the molecule is CCCCCCC1(CCCCCC)c2c(F)c(F)c(F)c(F)c2-c2c(F)c(F)c(/C=C/c3c(F)c(F)c4c(c3F)C(CCCCCC)(CCCCCC)c3c(F)c(/C=C/c5c(F)c(F)c6c(c5F)C(CCCCCC)(CCCCCC)c5c(F)c(F)c(F)c(F)c5-6)c(F)c(F)c3-4)c(F)c21. The summed E-state index contributed by atoms with van der Waals surface area (Å²) >= 11 is 0. The van der Waals surface area contributed by atoms with Crippen LogP contribution in [0.2, 0.25) is 0 Å². The summed E-state index contributed by atoms with van der Waals surface area (Å²) in [7, 11) is 0. The maximum absolute atomic E-state index is 18.4. The summed E-state index contributed by atoms with van der Waals surface area (Å²) in [6.45, 7) is 11.0. The molecule has 6 aromatic carbocycles. The lowest BCUT2D eigenvalue weighted by Gasteiger charge is -2.34. The number of benzene rings is 6. The summed E-state index contributed by atoms with van der Waals surface area (Å²) in [5.74, 6) is -42.0. The van der Waals surface area contributed by atoms with Crippen LogP contribution in [-0.2, 0) is 16.2 Å². The third-order valence-electron chi connectivity index (χ3n) is 21.1. The van der Waals surface area contributed by atoms with Crippen LogP contribution in [0, 0.1) is 116 Å². The monoisotopic (exact) mass is 1410 g/mol. The molecule has 0 amide bonds. The van der Waals surface area contributed by atoms with Gasteiger partial charge in [-0.1, -0.05) is 196 Å². The highest BCUT2D eigenvalue weighted by molar-refractivity contribution is 5.90. The Labute approximate surface area is 565 Å². The number of hydrogen-bond donors (Lipinski definition) is 0. The highest BCUT2D eigenvalue weighted by Crippen LogP contribution is 2.63. The van der Waals surface area contributed by atoms with Gasteiger partial charge in [0.25, 0.3) is 0 Å². The second-order valence-corrected chi connectivity index (χ2v) is 27.2. The molecule has 3 aliphatic carbocycles. The quantitative estimate of drug-likeness (QED) is 0.0124. The standard InChI is InChI=1S/C79H82F20/c1-7-13-19-25-35-77(36-26-20-14-8-2)51-45(65(88)61(84)41(57(51)80)31-33-43-59(82)53-47(67(90)63(43)86)49-55(71(94)75(98)73(96)69(49)92)78(53,37-27-21-15-9-3)38-28-22-16-10-4)46-52(77)58(81)42(62(85)66(46)89)32-34-44-60(83)54-48(68(91)64(44)87)50-56(72(95)76(99)74(97)70(50)93)79(54,39-29-23-17-11-5)40-30-24-18-12-6/h31-34H,7-30,35-40H2,1-6H3/b33-31+,34-32+. The molecule has 538 valence electrons. The molecular formula is C79H82F20. The lowest BCUT2D eigenvalue weighted by atomic mass is 9.69. The van der Waals surface area contributed by atoms with Crippen molar-refractivity contribution in [3.63, 3.8) is 0 Å². The van der Waals surface area contributed by atoms with Crippen LogP contribution in [0.3, 0.4) is 0 Å². The predicted molar refractivity (Wildman–Crippen MR) is 348 cm³/mol. The Balaban J connectivity index is 1.27. The number of fused-ring (bicyclic) bond motifs is 9. The van der Waals surface area contributed by atoms with Gasteiger partial charge in [-0.3, -0.25) is 0 Å². The minimum absolute atomic E-state index is 0.00932. The van der Waals surface area contributed by atoms with Crippen LogP contribution in [-0.4, -0.2) is 0 Å². The zero-order valence-corrected chi connectivity index (χ0v) is 56.6. The van der Waals surface area contributed by atoms with Gasteiger partial charge in [0.15, 0.2) is 93.1 Å². The van der Waals surface area contributed by atoms with Crippen molar-refractivity contribution in [2.75, 3.05) is 0 Å². The average molecular weight is 1410 g/mol. The van der Waals surface area contributed by atoms with Gasteiger partial charge in [0, 0.05) is 105 Å². The molecule has 6 aromatic rings. The van der Waals surface area contributed by atoms with Crippen LogP contribution in [0.15, 0.2) is 0 Å². The van der Waals surface area contributed by atoms with E-state index in [4.69, 9.17) is 0 Å². The van der Waals surface area contributed by atoms with Gasteiger partial charge in [-0.15, -0.1) is 0 Å². The summed E-state index contributed by atoms with van der Waals surface area (Å²) in [5.41, 5.74) is -25.9. The fourth-order valence-electron chi connectivity index (χ4n) is 16.4. The van der Waals surface area contributed by atoms with E-state index in [0.29, 0.717) is 140 Å². The fraction of sp³-hybridized carbons (Fsp3) is 0.494. The number of unbranched alkanes of at least 4 members (excludes halogenated alkanes) is 18. The number of halogens is 20. The molecule has 0 saturated carbocycles. The van der Waals surface area contributed by atoms with E-state index in [-0.39, 0.29) is 64.2 Å². The molecule has 0 N–H and O–H groups in total. The molecule has 0 bridgehead atoms. The molecule has 0 atom stereocenters. The van der Waals surface area contributed by atoms with Crippen molar-refractivity contribution in [1.82, 2.24) is 0 Å². The van der Waals surface area contributed by atoms with Crippen LogP contribution >= 0.6 is 0 Å². The van der Waals surface area contributed by atoms with Crippen LogP contribution in [0.1, 0.15) is 290 Å². The predicted octanol–water partition coefficient (Wildman–Crippen LogP) is 27.4. The molecule has 0 aliphatic heterocycles. The zero-order valence-electron chi connectivity index (χ0n) is 56.6. The number of hydrogen-bond acceptors (Lipinski definition) is 0. The Kier molecular flexibility index (Phi) is 24.6. The van der Waals surface area contributed by atoms with Crippen molar-refractivity contribution in [2.24, 2.45) is 0 Å². The first-order chi connectivity index (χ1) is 47.3. The van der Waals surface area contributed by atoms with Gasteiger partial charge in [-0.05, 0) is 62.8 Å². The molecule has 99 heavy (non-hydrogen) atoms. The summed E-state index contributed by atoms with van der Waals surface area (Å²) < 4.78 is 337. The van der Waals surface area contributed by atoms with E-state index < -0.39 is 234 Å². The Hall–Kier alpha value is -6.60. The molecule has 20 heteroatoms. The Bertz CT molecular complexity index is 3820. The first-order valence-electron chi connectivity index (χ1n) is 35.2. The molecule has 0 spiro atoms. The lowest BCUT2D eigenvalue weighted by molar-refractivity contribution is 0.352. The van der Waals surface area contributed by atoms with E-state index >= 15 is 87.8 Å². The van der Waals surface area contributed by atoms with Crippen LogP contribution in [0.5, 0.6) is 0 Å². The highest BCUT2D eigenvalue weighted by Gasteiger charge is 2.56. The zero-order chi connectivity index (χ0) is 72.3. The molecular weight excluding hydrogens is 1330 g/mol. The van der Waals surface area contributed by atoms with Gasteiger partial charge in [0.05, 0.1) is 0 Å². The van der Waals surface area contributed by atoms with Gasteiger partial charge < -0.3 is 0 Å². The third kappa shape index (κ3) is 13.0. The van der Waals surface area contributed by atoms with E-state index in [1.807, 2.05) is 41.5 Å². The van der Waals surface area contributed by atoms with Crippen molar-refractivity contribution in [2.45, 2.75) is 250 Å². The smallest absolute Gasteiger partial charge is 0.198 e. The Morgan fingerprint density at radius 2 is 0.323 bits per heavy atom. The molecule has 0 saturated heterocycles. The molecule has 0 heterocycles. The first-order valence-corrected chi connectivity index (χ1v) is 35.2. The van der Waals surface area contributed by atoms with E-state index in [0.717, 1.165) is 0 Å². The summed E-state index contributed by atoms with van der Waals surface area (Å²) in [5, 5.41) is 0. The molecule has 0 aromatic heterocycles. The number of rotatable bonds is 34. The van der Waals surface area contributed by atoms with Crippen LogP contribution in [0.25, 0.3) is 57.7 Å². The van der Waals surface area contributed by atoms with Crippen LogP contribution in [0.4, 0.5) is 87.8 Å². The van der Waals surface area contributed by atoms with E-state index in [1.54, 1.807) is 0 Å². The highest BCUT2D eigenvalue weighted by atomic mass is 19.2. The van der Waals surface area contributed by atoms with Crippen molar-refractivity contribution >= 4 is 24.3 Å². The largest absolute Gasteiger partial charge is 0.206 e. The summed E-state index contributed by atoms with van der Waals surface area (Å²) in [6, 6.07) is 0. The van der Waals surface area contributed by atoms with Crippen molar-refractivity contribution in [3.8, 4) is 33.4 Å². The minimum Gasteiger partial charge on any atom is -0.206 e. The Morgan fingerprint density at radius 1 is 0.172 bits per heavy atom. The maximum Gasteiger partial charge on any atom is 0.198 e. The third-order valence-corrected chi connectivity index (χ3v) is 21.1. The topological polar surface area (TPSA) is 0 Å². The van der Waals surface area contributed by atoms with Crippen molar-refractivity contribution in [1.29, 1.82) is 0 Å². The van der Waals surface area contributed by atoms with E-state index in [2.05, 4.69) is 0 Å². The maximum atomic E-state index is 18.4. The van der Waals surface area contributed by atoms with Gasteiger partial charge in [-0.25, -0.2) is 87.8 Å². The first kappa shape index (κ1) is 76.6. The summed E-state index contributed by atoms with van der Waals surface area (Å²) in [4.78, 5) is 0. The molecule has 0 radical (unpaired) electrons. The average Bonchev–Trinajstić information content (AvgIpc) is 1.55. The Morgan fingerprint density at radius 3 is 0.495 bits per heavy atom. The van der Waals surface area contributed by atoms with Gasteiger partial charge in [-0.2, -0.15) is 0 Å². The molecule has 0 fully saturated rings. The molecule has 3 aliphatic rings. The van der Waals surface area contributed by atoms with Crippen molar-refractivity contribution in [3.05, 3.63) is 172 Å². The van der Waals surface area contributed by atoms with Gasteiger partial charge in [0.2, 0.25) is 0 Å². The van der Waals surface area contributed by atoms with E-state index in [9.17, 15) is 0 Å². The fourth-order valence-corrected chi connectivity index (χ4v) is 16.4. The summed E-state index contributed by atoms with van der Waals surface area (Å²) in [6.07, 6.45) is 8.43. The minimum atomic E-state index is -2.39. The normalized spacial score (nSPS) is 14.5. The second-order valence-electron chi connectivity index (χ2n) is 27.2. The molecule has 0 unspecified atom stereocenters. The lowest BCUT2D eigenvalue weighted by Crippen LogP contribution is -2.29.